The monoisotopic (exact) mass is 245 g/mol. The van der Waals surface area contributed by atoms with E-state index in [0.29, 0.717) is 18.1 Å². The molecule has 0 spiro atoms. The Balaban J connectivity index is 2.04. The molecule has 1 heterocycles. The van der Waals surface area contributed by atoms with E-state index in [1.807, 2.05) is 31.2 Å². The van der Waals surface area contributed by atoms with Crippen molar-refractivity contribution in [3.8, 4) is 0 Å². The molecule has 0 saturated carbocycles. The van der Waals surface area contributed by atoms with Crippen LogP contribution in [0, 0.1) is 13.8 Å². The average Bonchev–Trinajstić information content (AvgIpc) is 2.70. The number of aromatic carboxylic acids is 1. The summed E-state index contributed by atoms with van der Waals surface area (Å²) in [7, 11) is 0. The van der Waals surface area contributed by atoms with Crippen molar-refractivity contribution in [2.45, 2.75) is 20.4 Å². The van der Waals surface area contributed by atoms with Crippen molar-refractivity contribution in [2.75, 3.05) is 5.32 Å². The maximum atomic E-state index is 10.9. The van der Waals surface area contributed by atoms with Crippen molar-refractivity contribution in [3.05, 3.63) is 53.0 Å². The number of anilines is 1. The predicted octanol–water partition coefficient (Wildman–Crippen LogP) is 3.21. The number of benzene rings is 1. The van der Waals surface area contributed by atoms with Crippen LogP contribution in [0.4, 0.5) is 5.69 Å². The molecular formula is C14H15NO3. The van der Waals surface area contributed by atoms with Gasteiger partial charge in [-0.05, 0) is 32.0 Å². The zero-order valence-corrected chi connectivity index (χ0v) is 10.4. The van der Waals surface area contributed by atoms with Gasteiger partial charge in [0.25, 0.3) is 0 Å². The van der Waals surface area contributed by atoms with Gasteiger partial charge in [-0.15, -0.1) is 0 Å². The van der Waals surface area contributed by atoms with Gasteiger partial charge in [0.2, 0.25) is 0 Å². The zero-order chi connectivity index (χ0) is 13.1. The molecule has 0 aliphatic rings. The fraction of sp³-hybridized carbons (Fsp3) is 0.214. The highest BCUT2D eigenvalue weighted by Gasteiger charge is 2.13. The van der Waals surface area contributed by atoms with Crippen LogP contribution in [0.15, 0.2) is 34.7 Å². The van der Waals surface area contributed by atoms with Gasteiger partial charge in [0.05, 0.1) is 6.54 Å². The minimum Gasteiger partial charge on any atom is -0.478 e. The van der Waals surface area contributed by atoms with Crippen molar-refractivity contribution < 1.29 is 14.3 Å². The Kier molecular flexibility index (Phi) is 3.37. The molecule has 4 heteroatoms. The largest absolute Gasteiger partial charge is 0.478 e. The number of nitrogens with one attached hydrogen (secondary N) is 1. The minimum absolute atomic E-state index is 0.218. The molecule has 94 valence electrons. The third kappa shape index (κ3) is 2.71. The molecule has 1 aromatic carbocycles. The van der Waals surface area contributed by atoms with Gasteiger partial charge in [0.15, 0.2) is 0 Å². The molecule has 2 rings (SSSR count). The summed E-state index contributed by atoms with van der Waals surface area (Å²) < 4.78 is 5.38. The van der Waals surface area contributed by atoms with Crippen LogP contribution in [0.1, 0.15) is 27.4 Å². The summed E-state index contributed by atoms with van der Waals surface area (Å²) in [5.41, 5.74) is 2.39. The fourth-order valence-corrected chi connectivity index (χ4v) is 1.70. The third-order valence-electron chi connectivity index (χ3n) is 2.72. The molecule has 0 aliphatic carbocycles. The van der Waals surface area contributed by atoms with Crippen LogP contribution in [0.25, 0.3) is 0 Å². The predicted molar refractivity (Wildman–Crippen MR) is 68.9 cm³/mol. The number of rotatable bonds is 4. The minimum atomic E-state index is -0.960. The Hall–Kier alpha value is -2.23. The van der Waals surface area contributed by atoms with Crippen LogP contribution >= 0.6 is 0 Å². The van der Waals surface area contributed by atoms with Gasteiger partial charge in [-0.3, -0.25) is 0 Å². The summed E-state index contributed by atoms with van der Waals surface area (Å²) in [6.45, 7) is 4.15. The molecule has 1 aromatic heterocycles. The van der Waals surface area contributed by atoms with Crippen molar-refractivity contribution in [1.29, 1.82) is 0 Å². The summed E-state index contributed by atoms with van der Waals surface area (Å²) in [5.74, 6) is 0.0894. The molecule has 0 radical (unpaired) electrons. The van der Waals surface area contributed by atoms with Crippen LogP contribution in [0.5, 0.6) is 0 Å². The molecular weight excluding hydrogens is 230 g/mol. The van der Waals surface area contributed by atoms with Crippen LogP contribution in [0.2, 0.25) is 0 Å². The van der Waals surface area contributed by atoms with E-state index in [-0.39, 0.29) is 5.56 Å². The third-order valence-corrected chi connectivity index (χ3v) is 2.72. The molecule has 0 aliphatic heterocycles. The normalized spacial score (nSPS) is 10.3. The number of hydrogen-bond acceptors (Lipinski definition) is 3. The lowest BCUT2D eigenvalue weighted by atomic mass is 10.2. The van der Waals surface area contributed by atoms with Crippen LogP contribution in [0.3, 0.4) is 0 Å². The summed E-state index contributed by atoms with van der Waals surface area (Å²) in [6.07, 6.45) is 0. The molecule has 0 bridgehead atoms. The summed E-state index contributed by atoms with van der Waals surface area (Å²) >= 11 is 0. The summed E-state index contributed by atoms with van der Waals surface area (Å²) in [4.78, 5) is 10.9. The Morgan fingerprint density at radius 2 is 1.94 bits per heavy atom. The lowest BCUT2D eigenvalue weighted by molar-refractivity contribution is 0.0695. The fourth-order valence-electron chi connectivity index (χ4n) is 1.70. The van der Waals surface area contributed by atoms with E-state index in [2.05, 4.69) is 5.32 Å². The van der Waals surface area contributed by atoms with E-state index >= 15 is 0 Å². The van der Waals surface area contributed by atoms with E-state index in [1.165, 1.54) is 5.56 Å². The molecule has 0 amide bonds. The first-order chi connectivity index (χ1) is 8.56. The maximum absolute atomic E-state index is 10.9. The Morgan fingerprint density at radius 1 is 1.28 bits per heavy atom. The van der Waals surface area contributed by atoms with E-state index in [0.717, 1.165) is 5.69 Å². The Morgan fingerprint density at radius 3 is 2.50 bits per heavy atom. The van der Waals surface area contributed by atoms with Gasteiger partial charge in [-0.1, -0.05) is 17.7 Å². The molecule has 0 fully saturated rings. The summed E-state index contributed by atoms with van der Waals surface area (Å²) in [5, 5.41) is 12.1. The highest BCUT2D eigenvalue weighted by Crippen LogP contribution is 2.16. The number of hydrogen-bond donors (Lipinski definition) is 2. The van der Waals surface area contributed by atoms with Gasteiger partial charge in [0.1, 0.15) is 17.1 Å². The number of carbonyl (C=O) groups is 1. The maximum Gasteiger partial charge on any atom is 0.339 e. The lowest BCUT2D eigenvalue weighted by Crippen LogP contribution is -1.98. The zero-order valence-electron chi connectivity index (χ0n) is 10.4. The smallest absolute Gasteiger partial charge is 0.339 e. The molecule has 0 saturated heterocycles. The van der Waals surface area contributed by atoms with Gasteiger partial charge in [-0.2, -0.15) is 0 Å². The Bertz CT molecular complexity index is 555. The second kappa shape index (κ2) is 4.96. The van der Waals surface area contributed by atoms with Gasteiger partial charge in [0, 0.05) is 5.69 Å². The first-order valence-corrected chi connectivity index (χ1v) is 5.69. The average molecular weight is 245 g/mol. The van der Waals surface area contributed by atoms with Crippen molar-refractivity contribution in [3.63, 3.8) is 0 Å². The number of carboxylic acids is 1. The molecule has 2 N–H and O–H groups in total. The lowest BCUT2D eigenvalue weighted by Gasteiger charge is -2.04. The van der Waals surface area contributed by atoms with Crippen LogP contribution < -0.4 is 5.32 Å². The van der Waals surface area contributed by atoms with Crippen LogP contribution in [-0.2, 0) is 6.54 Å². The van der Waals surface area contributed by atoms with Crippen LogP contribution in [-0.4, -0.2) is 11.1 Å². The highest BCUT2D eigenvalue weighted by molar-refractivity contribution is 5.88. The molecule has 18 heavy (non-hydrogen) atoms. The van der Waals surface area contributed by atoms with Crippen molar-refractivity contribution in [2.24, 2.45) is 0 Å². The highest BCUT2D eigenvalue weighted by atomic mass is 16.4. The van der Waals surface area contributed by atoms with Crippen molar-refractivity contribution in [1.82, 2.24) is 0 Å². The number of carboxylic acid groups (broad SMARTS) is 1. The van der Waals surface area contributed by atoms with E-state index in [1.54, 1.807) is 13.0 Å². The second-order valence-corrected chi connectivity index (χ2v) is 4.21. The first kappa shape index (κ1) is 12.2. The quantitative estimate of drug-likeness (QED) is 0.868. The van der Waals surface area contributed by atoms with Crippen molar-refractivity contribution >= 4 is 11.7 Å². The first-order valence-electron chi connectivity index (χ1n) is 5.69. The Labute approximate surface area is 105 Å². The van der Waals surface area contributed by atoms with Gasteiger partial charge >= 0.3 is 5.97 Å². The topological polar surface area (TPSA) is 62.5 Å². The molecule has 0 atom stereocenters. The molecule has 2 aromatic rings. The second-order valence-electron chi connectivity index (χ2n) is 4.21. The van der Waals surface area contributed by atoms with Gasteiger partial charge in [-0.25, -0.2) is 4.79 Å². The number of furan rings is 1. The molecule has 4 nitrogen and oxygen atoms in total. The number of aryl methyl sites for hydroxylation is 2. The SMILES string of the molecule is Cc1ccc(NCc2cc(C(=O)O)c(C)o2)cc1. The van der Waals surface area contributed by atoms with E-state index in [9.17, 15) is 4.79 Å². The summed E-state index contributed by atoms with van der Waals surface area (Å²) in [6, 6.07) is 9.53. The molecule has 0 unspecified atom stereocenters. The van der Waals surface area contributed by atoms with E-state index < -0.39 is 5.97 Å². The standard InChI is InChI=1S/C14H15NO3/c1-9-3-5-11(6-4-9)15-8-12-7-13(14(16)17)10(2)18-12/h3-7,15H,8H2,1-2H3,(H,16,17). The van der Waals surface area contributed by atoms with E-state index in [4.69, 9.17) is 9.52 Å². The van der Waals surface area contributed by atoms with Gasteiger partial charge < -0.3 is 14.8 Å².